The van der Waals surface area contributed by atoms with E-state index >= 15 is 0 Å². The number of aromatic nitrogens is 1. The van der Waals surface area contributed by atoms with Gasteiger partial charge in [0.25, 0.3) is 5.91 Å². The van der Waals surface area contributed by atoms with Gasteiger partial charge in [-0.3, -0.25) is 9.69 Å². The number of amidine groups is 1. The fourth-order valence-corrected chi connectivity index (χ4v) is 6.61. The molecule has 172 valence electrons. The van der Waals surface area contributed by atoms with Gasteiger partial charge < -0.3 is 9.30 Å². The Labute approximate surface area is 193 Å². The maximum absolute atomic E-state index is 13.5. The fourth-order valence-electron chi connectivity index (χ4n) is 3.92. The molecule has 10 heteroatoms. The highest BCUT2D eigenvalue weighted by Gasteiger charge is 2.36. The minimum atomic E-state index is -3.60. The highest BCUT2D eigenvalue weighted by Crippen LogP contribution is 2.33. The van der Waals surface area contributed by atoms with E-state index < -0.39 is 10.0 Å². The van der Waals surface area contributed by atoms with Crippen molar-refractivity contribution in [3.63, 3.8) is 0 Å². The maximum atomic E-state index is 13.5. The predicted octanol–water partition coefficient (Wildman–Crippen LogP) is 3.47. The summed E-state index contributed by atoms with van der Waals surface area (Å²) in [4.78, 5) is 20.1. The molecule has 0 radical (unpaired) electrons. The molecule has 2 aromatic rings. The maximum Gasteiger partial charge on any atom is 0.276 e. The van der Waals surface area contributed by atoms with Crippen LogP contribution in [0.1, 0.15) is 37.2 Å². The number of rotatable bonds is 6. The number of thioether (sulfide) groups is 1. The van der Waals surface area contributed by atoms with Crippen molar-refractivity contribution >= 4 is 38.5 Å². The molecular formula is C22H28N4O4S2. The molecular weight excluding hydrogens is 448 g/mol. The van der Waals surface area contributed by atoms with Crippen molar-refractivity contribution in [2.45, 2.75) is 37.6 Å². The van der Waals surface area contributed by atoms with Crippen LogP contribution in [0.3, 0.4) is 0 Å². The molecule has 1 aromatic carbocycles. The van der Waals surface area contributed by atoms with E-state index in [0.717, 1.165) is 12.8 Å². The number of benzene rings is 1. The number of ether oxygens (including phenoxy) is 1. The average Bonchev–Trinajstić information content (AvgIpc) is 3.50. The average molecular weight is 477 g/mol. The minimum Gasteiger partial charge on any atom is -0.492 e. The molecule has 8 nitrogen and oxygen atoms in total. The number of sulfonamides is 1. The van der Waals surface area contributed by atoms with E-state index in [0.29, 0.717) is 47.7 Å². The van der Waals surface area contributed by atoms with Gasteiger partial charge in [0.1, 0.15) is 22.0 Å². The van der Waals surface area contributed by atoms with Gasteiger partial charge in [0.2, 0.25) is 10.0 Å². The van der Waals surface area contributed by atoms with Crippen LogP contribution in [0.5, 0.6) is 5.75 Å². The summed E-state index contributed by atoms with van der Waals surface area (Å²) in [6.07, 6.45) is 3.25. The van der Waals surface area contributed by atoms with Crippen LogP contribution in [0.15, 0.2) is 46.4 Å². The Hall–Kier alpha value is -2.30. The number of para-hydroxylation sites is 2. The van der Waals surface area contributed by atoms with Crippen LogP contribution in [0.25, 0.3) is 0 Å². The Balaban J connectivity index is 1.66. The van der Waals surface area contributed by atoms with E-state index in [9.17, 15) is 13.2 Å². The molecule has 2 saturated heterocycles. The second kappa shape index (κ2) is 9.29. The number of carbonyl (C=O) groups is 1. The lowest BCUT2D eigenvalue weighted by Gasteiger charge is -2.21. The number of aliphatic imine (C=N–C) groups is 1. The van der Waals surface area contributed by atoms with E-state index in [1.54, 1.807) is 16.5 Å². The monoisotopic (exact) mass is 476 g/mol. The molecule has 0 saturated carbocycles. The van der Waals surface area contributed by atoms with Crippen molar-refractivity contribution in [2.24, 2.45) is 12.0 Å². The summed E-state index contributed by atoms with van der Waals surface area (Å²) in [7, 11) is -1.90. The molecule has 32 heavy (non-hydrogen) atoms. The number of hydrogen-bond acceptors (Lipinski definition) is 6. The summed E-state index contributed by atoms with van der Waals surface area (Å²) < 4.78 is 34.7. The van der Waals surface area contributed by atoms with Crippen molar-refractivity contribution in [3.05, 3.63) is 42.2 Å². The van der Waals surface area contributed by atoms with Gasteiger partial charge in [-0.2, -0.15) is 4.31 Å². The van der Waals surface area contributed by atoms with E-state index in [1.165, 1.54) is 28.3 Å². The zero-order valence-corrected chi connectivity index (χ0v) is 20.2. The highest BCUT2D eigenvalue weighted by molar-refractivity contribution is 8.14. The lowest BCUT2D eigenvalue weighted by Crippen LogP contribution is -2.38. The Morgan fingerprint density at radius 1 is 1.25 bits per heavy atom. The third-order valence-electron chi connectivity index (χ3n) is 5.60. The smallest absolute Gasteiger partial charge is 0.276 e. The summed E-state index contributed by atoms with van der Waals surface area (Å²) in [6.45, 7) is 5.44. The molecule has 2 aliphatic rings. The largest absolute Gasteiger partial charge is 0.492 e. The van der Waals surface area contributed by atoms with E-state index in [4.69, 9.17) is 9.73 Å². The molecule has 1 amide bonds. The predicted molar refractivity (Wildman–Crippen MR) is 126 cm³/mol. The molecule has 0 spiro atoms. The summed E-state index contributed by atoms with van der Waals surface area (Å²) in [6, 6.07) is 8.88. The first-order valence-electron chi connectivity index (χ1n) is 10.8. The lowest BCUT2D eigenvalue weighted by atomic mass is 10.3. The molecule has 4 rings (SSSR count). The molecule has 1 atom stereocenters. The van der Waals surface area contributed by atoms with E-state index in [1.807, 2.05) is 38.1 Å². The first kappa shape index (κ1) is 22.9. The zero-order valence-electron chi connectivity index (χ0n) is 18.5. The van der Waals surface area contributed by atoms with Crippen molar-refractivity contribution in [3.8, 4) is 5.75 Å². The van der Waals surface area contributed by atoms with Gasteiger partial charge >= 0.3 is 0 Å². The second-order valence-corrected chi connectivity index (χ2v) is 10.8. The Morgan fingerprint density at radius 2 is 1.97 bits per heavy atom. The van der Waals surface area contributed by atoms with Crippen LogP contribution in [0.4, 0.5) is 5.69 Å². The standard InChI is InChI=1S/C22H28N4O4S2/c1-4-30-20-10-6-5-9-18(20)23-22-26(16(2)15-31-22)21(27)19-13-17(14-24(19)3)32(28,29)25-11-7-8-12-25/h5-6,9-10,13-14,16H,4,7-8,11-12,15H2,1-3H3. The van der Waals surface area contributed by atoms with E-state index in [-0.39, 0.29) is 16.8 Å². The minimum absolute atomic E-state index is 0.0703. The number of aryl methyl sites for hydroxylation is 1. The molecule has 3 heterocycles. The SMILES string of the molecule is CCOc1ccccc1N=C1SCC(C)N1C(=O)c1cc(S(=O)(=O)N2CCCC2)cn1C. The Morgan fingerprint density at radius 3 is 2.69 bits per heavy atom. The molecule has 2 fully saturated rings. The van der Waals surface area contributed by atoms with Gasteiger partial charge in [0.15, 0.2) is 5.17 Å². The summed E-state index contributed by atoms with van der Waals surface area (Å²) in [5.41, 5.74) is 0.982. The zero-order chi connectivity index (χ0) is 22.9. The van der Waals surface area contributed by atoms with Crippen molar-refractivity contribution in [1.29, 1.82) is 0 Å². The first-order valence-corrected chi connectivity index (χ1v) is 13.2. The molecule has 2 aliphatic heterocycles. The van der Waals surface area contributed by atoms with Crippen molar-refractivity contribution in [1.82, 2.24) is 13.8 Å². The van der Waals surface area contributed by atoms with Crippen LogP contribution in [0, 0.1) is 0 Å². The van der Waals surface area contributed by atoms with Crippen LogP contribution in [0.2, 0.25) is 0 Å². The summed E-state index contributed by atoms with van der Waals surface area (Å²) in [5, 5.41) is 0.583. The van der Waals surface area contributed by atoms with Crippen molar-refractivity contribution < 1.29 is 17.9 Å². The van der Waals surface area contributed by atoms with Crippen LogP contribution >= 0.6 is 11.8 Å². The molecule has 1 unspecified atom stereocenters. The third kappa shape index (κ3) is 4.31. The van der Waals surface area contributed by atoms with Crippen LogP contribution < -0.4 is 4.74 Å². The quantitative estimate of drug-likeness (QED) is 0.637. The highest BCUT2D eigenvalue weighted by atomic mass is 32.2. The van der Waals surface area contributed by atoms with Crippen molar-refractivity contribution in [2.75, 3.05) is 25.4 Å². The Kier molecular flexibility index (Phi) is 6.64. The van der Waals surface area contributed by atoms with Gasteiger partial charge in [0, 0.05) is 38.1 Å². The number of hydrogen-bond donors (Lipinski definition) is 0. The topological polar surface area (TPSA) is 84.2 Å². The normalized spacial score (nSPS) is 20.9. The Bertz CT molecular complexity index is 1140. The first-order chi connectivity index (χ1) is 15.3. The van der Waals surface area contributed by atoms with Crippen LogP contribution in [-0.4, -0.2) is 64.8 Å². The van der Waals surface area contributed by atoms with Crippen LogP contribution in [-0.2, 0) is 17.1 Å². The number of amides is 1. The van der Waals surface area contributed by atoms with Gasteiger partial charge in [-0.05, 0) is 44.9 Å². The third-order valence-corrected chi connectivity index (χ3v) is 8.66. The molecule has 1 aromatic heterocycles. The molecule has 0 N–H and O–H groups in total. The number of nitrogens with zero attached hydrogens (tertiary/aromatic N) is 4. The fraction of sp³-hybridized carbons (Fsp3) is 0.455. The number of carbonyl (C=O) groups excluding carboxylic acids is 1. The van der Waals surface area contributed by atoms with Gasteiger partial charge in [-0.15, -0.1) is 0 Å². The lowest BCUT2D eigenvalue weighted by molar-refractivity contribution is 0.0819. The summed E-state index contributed by atoms with van der Waals surface area (Å²) >= 11 is 1.51. The van der Waals surface area contributed by atoms with E-state index in [2.05, 4.69) is 0 Å². The van der Waals surface area contributed by atoms with Gasteiger partial charge in [-0.1, -0.05) is 23.9 Å². The second-order valence-electron chi connectivity index (χ2n) is 7.91. The molecule has 0 bridgehead atoms. The van der Waals surface area contributed by atoms with Gasteiger partial charge in [-0.25, -0.2) is 13.4 Å². The molecule has 0 aliphatic carbocycles. The van der Waals surface area contributed by atoms with Gasteiger partial charge in [0.05, 0.1) is 6.61 Å². The summed E-state index contributed by atoms with van der Waals surface area (Å²) in [5.74, 6) is 1.11.